The van der Waals surface area contributed by atoms with E-state index < -0.39 is 0 Å². The van der Waals surface area contributed by atoms with Crippen LogP contribution in [0.4, 0.5) is 0 Å². The van der Waals surface area contributed by atoms with Gasteiger partial charge < -0.3 is 4.74 Å². The molecule has 4 rings (SSSR count). The Morgan fingerprint density at radius 1 is 1.25 bits per heavy atom. The maximum atomic E-state index is 12.4. The first-order valence-electron chi connectivity index (χ1n) is 8.70. The molecule has 1 aromatic carbocycles. The molecule has 0 spiro atoms. The molecule has 24 heavy (non-hydrogen) atoms. The Morgan fingerprint density at radius 2 is 2.00 bits per heavy atom. The summed E-state index contributed by atoms with van der Waals surface area (Å²) >= 11 is 0. The van der Waals surface area contributed by atoms with Crippen LogP contribution in [0.15, 0.2) is 30.3 Å². The molecule has 1 N–H and O–H groups in total. The fourth-order valence-electron chi connectivity index (χ4n) is 3.72. The van der Waals surface area contributed by atoms with E-state index in [1.807, 2.05) is 30.3 Å². The minimum absolute atomic E-state index is 0.188. The van der Waals surface area contributed by atoms with Crippen molar-refractivity contribution >= 4 is 5.97 Å². The van der Waals surface area contributed by atoms with Crippen LogP contribution in [0.2, 0.25) is 0 Å². The number of H-pyrrole nitrogens is 1. The van der Waals surface area contributed by atoms with Gasteiger partial charge in [-0.05, 0) is 30.4 Å². The van der Waals surface area contributed by atoms with E-state index in [0.717, 1.165) is 31.5 Å². The molecule has 1 atom stereocenters. The number of methoxy groups -OCH3 is 1. The highest BCUT2D eigenvalue weighted by Crippen LogP contribution is 2.42. The second-order valence-corrected chi connectivity index (χ2v) is 6.71. The van der Waals surface area contributed by atoms with Crippen LogP contribution < -0.4 is 0 Å². The van der Waals surface area contributed by atoms with Crippen LogP contribution in [0.5, 0.6) is 0 Å². The van der Waals surface area contributed by atoms with E-state index in [1.54, 1.807) is 0 Å². The molecule has 2 aromatic rings. The van der Waals surface area contributed by atoms with Gasteiger partial charge in [0.25, 0.3) is 0 Å². The first-order chi connectivity index (χ1) is 11.8. The third-order valence-electron chi connectivity index (χ3n) is 5.15. The fourth-order valence-corrected chi connectivity index (χ4v) is 3.72. The molecule has 2 aliphatic rings. The largest absolute Gasteiger partial charge is 0.468 e. The number of esters is 1. The molecule has 1 aromatic heterocycles. The quantitative estimate of drug-likeness (QED) is 0.878. The Morgan fingerprint density at radius 3 is 2.71 bits per heavy atom. The zero-order valence-electron chi connectivity index (χ0n) is 14.0. The number of benzene rings is 1. The van der Waals surface area contributed by atoms with Gasteiger partial charge in [0.05, 0.1) is 12.8 Å². The summed E-state index contributed by atoms with van der Waals surface area (Å²) < 4.78 is 5.09. The predicted octanol–water partition coefficient (Wildman–Crippen LogP) is 2.60. The summed E-state index contributed by atoms with van der Waals surface area (Å²) in [6.07, 6.45) is 4.36. The summed E-state index contributed by atoms with van der Waals surface area (Å²) in [5.74, 6) is 0.467. The maximum Gasteiger partial charge on any atom is 0.327 e. The van der Waals surface area contributed by atoms with Gasteiger partial charge in [-0.3, -0.25) is 10.00 Å². The van der Waals surface area contributed by atoms with Crippen LogP contribution in [0.3, 0.4) is 0 Å². The number of hydrogen-bond donors (Lipinski definition) is 1. The minimum Gasteiger partial charge on any atom is -0.468 e. The molecule has 0 saturated heterocycles. The molecule has 1 aliphatic carbocycles. The van der Waals surface area contributed by atoms with Crippen molar-refractivity contribution in [1.29, 1.82) is 0 Å². The van der Waals surface area contributed by atoms with Gasteiger partial charge in [-0.2, -0.15) is 5.10 Å². The van der Waals surface area contributed by atoms with E-state index in [-0.39, 0.29) is 12.0 Å². The van der Waals surface area contributed by atoms with Crippen molar-refractivity contribution in [2.75, 3.05) is 20.2 Å². The molecule has 0 radical (unpaired) electrons. The number of aromatic amines is 1. The smallest absolute Gasteiger partial charge is 0.327 e. The Kier molecular flexibility index (Phi) is 4.10. The molecule has 2 heterocycles. The highest BCUT2D eigenvalue weighted by Gasteiger charge is 2.34. The first kappa shape index (κ1) is 15.4. The zero-order valence-corrected chi connectivity index (χ0v) is 14.0. The van der Waals surface area contributed by atoms with Crippen molar-refractivity contribution in [3.05, 3.63) is 52.8 Å². The number of nitrogens with zero attached hydrogens (tertiary/aromatic N) is 2. The number of hydrogen-bond acceptors (Lipinski definition) is 4. The average molecular weight is 325 g/mol. The first-order valence-corrected chi connectivity index (χ1v) is 8.70. The van der Waals surface area contributed by atoms with Crippen molar-refractivity contribution in [3.63, 3.8) is 0 Å². The lowest BCUT2D eigenvalue weighted by Gasteiger charge is -2.28. The van der Waals surface area contributed by atoms with Crippen LogP contribution in [0.1, 0.15) is 47.3 Å². The van der Waals surface area contributed by atoms with Crippen LogP contribution in [-0.2, 0) is 22.4 Å². The summed E-state index contributed by atoms with van der Waals surface area (Å²) in [5, 5.41) is 7.78. The molecule has 5 heteroatoms. The van der Waals surface area contributed by atoms with Crippen LogP contribution in [-0.4, -0.2) is 41.3 Å². The van der Waals surface area contributed by atoms with Gasteiger partial charge in [0.15, 0.2) is 0 Å². The van der Waals surface area contributed by atoms with E-state index in [1.165, 1.54) is 36.9 Å². The van der Waals surface area contributed by atoms with E-state index in [2.05, 4.69) is 15.1 Å². The fraction of sp³-hybridized carbons (Fsp3) is 0.474. The van der Waals surface area contributed by atoms with Crippen molar-refractivity contribution in [1.82, 2.24) is 15.1 Å². The van der Waals surface area contributed by atoms with Gasteiger partial charge in [0, 0.05) is 31.1 Å². The maximum absolute atomic E-state index is 12.4. The summed E-state index contributed by atoms with van der Waals surface area (Å²) in [6, 6.07) is 9.59. The van der Waals surface area contributed by atoms with E-state index in [4.69, 9.17) is 4.74 Å². The van der Waals surface area contributed by atoms with Crippen LogP contribution >= 0.6 is 0 Å². The lowest BCUT2D eigenvalue weighted by Crippen LogP contribution is -2.36. The molecular formula is C19H23N3O2. The van der Waals surface area contributed by atoms with Gasteiger partial charge in [-0.25, -0.2) is 4.79 Å². The van der Waals surface area contributed by atoms with Gasteiger partial charge >= 0.3 is 5.97 Å². The Bertz CT molecular complexity index is 721. The summed E-state index contributed by atoms with van der Waals surface area (Å²) in [6.45, 7) is 1.68. The third kappa shape index (κ3) is 2.84. The van der Waals surface area contributed by atoms with Crippen molar-refractivity contribution in [2.45, 2.75) is 37.6 Å². The topological polar surface area (TPSA) is 58.2 Å². The van der Waals surface area contributed by atoms with Crippen molar-refractivity contribution in [3.8, 4) is 0 Å². The molecule has 1 unspecified atom stereocenters. The highest BCUT2D eigenvalue weighted by molar-refractivity contribution is 5.77. The number of aromatic nitrogens is 2. The number of fused-ring (bicyclic) bond motifs is 1. The van der Waals surface area contributed by atoms with E-state index >= 15 is 0 Å². The number of rotatable bonds is 4. The number of nitrogens with one attached hydrogen (secondary N) is 1. The second kappa shape index (κ2) is 6.40. The van der Waals surface area contributed by atoms with Crippen LogP contribution in [0.25, 0.3) is 0 Å². The Labute approximate surface area is 142 Å². The lowest BCUT2D eigenvalue weighted by molar-refractivity contribution is -0.147. The van der Waals surface area contributed by atoms with Crippen LogP contribution in [0, 0.1) is 0 Å². The molecule has 0 amide bonds. The SMILES string of the molecule is COC(=O)C(c1ccccc1)N1CCc2[nH]nc(C3CC3)c2CC1. The van der Waals surface area contributed by atoms with Crippen molar-refractivity contribution in [2.24, 2.45) is 0 Å². The number of carbonyl (C=O) groups is 1. The molecular weight excluding hydrogens is 302 g/mol. The van der Waals surface area contributed by atoms with Gasteiger partial charge in [-0.15, -0.1) is 0 Å². The predicted molar refractivity (Wildman–Crippen MR) is 90.7 cm³/mol. The molecule has 1 aliphatic heterocycles. The third-order valence-corrected chi connectivity index (χ3v) is 5.15. The van der Waals surface area contributed by atoms with Gasteiger partial charge in [-0.1, -0.05) is 30.3 Å². The lowest BCUT2D eigenvalue weighted by atomic mass is 10.0. The number of ether oxygens (including phenoxy) is 1. The molecule has 1 fully saturated rings. The zero-order chi connectivity index (χ0) is 16.5. The Hall–Kier alpha value is -2.14. The number of carbonyl (C=O) groups excluding carboxylic acids is 1. The van der Waals surface area contributed by atoms with Gasteiger partial charge in [0.2, 0.25) is 0 Å². The van der Waals surface area contributed by atoms with E-state index in [9.17, 15) is 4.79 Å². The molecule has 126 valence electrons. The molecule has 5 nitrogen and oxygen atoms in total. The highest BCUT2D eigenvalue weighted by atomic mass is 16.5. The second-order valence-electron chi connectivity index (χ2n) is 6.71. The Balaban J connectivity index is 1.58. The molecule has 0 bridgehead atoms. The average Bonchev–Trinajstić information content (AvgIpc) is 3.42. The normalized spacial score (nSPS) is 19.4. The summed E-state index contributed by atoms with van der Waals surface area (Å²) in [7, 11) is 1.47. The molecule has 1 saturated carbocycles. The standard InChI is InChI=1S/C19H23N3O2/c1-24-19(23)18(14-5-3-2-4-6-14)22-11-9-15-16(10-12-22)20-21-17(15)13-7-8-13/h2-6,13,18H,7-12H2,1H3,(H,20,21). The monoisotopic (exact) mass is 325 g/mol. The van der Waals surface area contributed by atoms with Gasteiger partial charge in [0.1, 0.15) is 6.04 Å². The minimum atomic E-state index is -0.336. The van der Waals surface area contributed by atoms with Crippen molar-refractivity contribution < 1.29 is 9.53 Å². The van der Waals surface area contributed by atoms with E-state index in [0.29, 0.717) is 5.92 Å². The summed E-state index contributed by atoms with van der Waals surface area (Å²) in [4.78, 5) is 14.7. The summed E-state index contributed by atoms with van der Waals surface area (Å²) in [5.41, 5.74) is 4.89.